The third kappa shape index (κ3) is 10.5. The van der Waals surface area contributed by atoms with Gasteiger partial charge >= 0.3 is 12.2 Å². The number of pyridine rings is 1. The largest absolute Gasteiger partial charge is 0.494 e. The molecule has 4 aromatic rings. The molecule has 276 valence electrons. The zero-order valence-electron chi connectivity index (χ0n) is 29.1. The molecule has 2 aromatic heterocycles. The average Bonchev–Trinajstić information content (AvgIpc) is 3.93. The Labute approximate surface area is 302 Å². The molecule has 2 fully saturated rings. The second kappa shape index (κ2) is 18.5. The topological polar surface area (TPSA) is 167 Å². The van der Waals surface area contributed by atoms with Crippen LogP contribution in [0.1, 0.15) is 43.1 Å². The van der Waals surface area contributed by atoms with Crippen molar-refractivity contribution in [1.29, 1.82) is 0 Å². The van der Waals surface area contributed by atoms with Gasteiger partial charge in [0, 0.05) is 24.8 Å². The van der Waals surface area contributed by atoms with Crippen molar-refractivity contribution in [3.8, 4) is 17.0 Å². The maximum absolute atomic E-state index is 13.3. The third-order valence-electron chi connectivity index (χ3n) is 8.93. The lowest BCUT2D eigenvalue weighted by Gasteiger charge is -2.30. The van der Waals surface area contributed by atoms with Gasteiger partial charge < -0.3 is 38.5 Å². The maximum atomic E-state index is 13.3. The van der Waals surface area contributed by atoms with E-state index in [0.29, 0.717) is 19.0 Å². The highest BCUT2D eigenvalue weighted by Crippen LogP contribution is 2.33. The SMILES string of the molecule is CCCCOc1ccc(CC(NC(=O)OC2COC3OCCC23)C(O)CN(Cc2ccc(-c3ccccn3)cc2)NC(=O)OCc2cnco2)cc1. The molecular formula is C38H45N5O9. The fourth-order valence-electron chi connectivity index (χ4n) is 6.11. The Morgan fingerprint density at radius 3 is 2.62 bits per heavy atom. The molecule has 14 heteroatoms. The molecule has 0 saturated carbocycles. The van der Waals surface area contributed by atoms with Crippen LogP contribution in [0.5, 0.6) is 5.75 Å². The third-order valence-corrected chi connectivity index (χ3v) is 8.93. The first-order chi connectivity index (χ1) is 25.4. The summed E-state index contributed by atoms with van der Waals surface area (Å²) in [5.41, 5.74) is 6.21. The van der Waals surface area contributed by atoms with Crippen LogP contribution in [0.2, 0.25) is 0 Å². The molecule has 3 N–H and O–H groups in total. The van der Waals surface area contributed by atoms with E-state index in [1.54, 1.807) is 11.2 Å². The van der Waals surface area contributed by atoms with Gasteiger partial charge in [0.05, 0.1) is 49.8 Å². The monoisotopic (exact) mass is 715 g/mol. The van der Waals surface area contributed by atoms with Gasteiger partial charge in [-0.25, -0.2) is 19.6 Å². The van der Waals surface area contributed by atoms with Crippen molar-refractivity contribution in [2.24, 2.45) is 5.92 Å². The minimum Gasteiger partial charge on any atom is -0.494 e. The van der Waals surface area contributed by atoms with Crippen LogP contribution in [-0.4, -0.2) is 83.2 Å². The lowest BCUT2D eigenvalue weighted by atomic mass is 10.0. The van der Waals surface area contributed by atoms with Gasteiger partial charge in [0.25, 0.3) is 0 Å². The van der Waals surface area contributed by atoms with Crippen LogP contribution < -0.4 is 15.5 Å². The number of rotatable bonds is 17. The van der Waals surface area contributed by atoms with Crippen LogP contribution in [-0.2, 0) is 38.5 Å². The summed E-state index contributed by atoms with van der Waals surface area (Å²) in [7, 11) is 0. The summed E-state index contributed by atoms with van der Waals surface area (Å²) in [6.07, 6.45) is 3.98. The lowest BCUT2D eigenvalue weighted by molar-refractivity contribution is -0.0907. The summed E-state index contributed by atoms with van der Waals surface area (Å²) >= 11 is 0. The summed E-state index contributed by atoms with van der Waals surface area (Å²) in [6, 6.07) is 20.2. The van der Waals surface area contributed by atoms with Crippen LogP contribution in [0.25, 0.3) is 11.3 Å². The minimum absolute atomic E-state index is 0.0406. The van der Waals surface area contributed by atoms with Crippen LogP contribution >= 0.6 is 0 Å². The number of benzene rings is 2. The summed E-state index contributed by atoms with van der Waals surface area (Å²) in [5.74, 6) is 1.07. The smallest absolute Gasteiger partial charge is 0.422 e. The summed E-state index contributed by atoms with van der Waals surface area (Å²) in [4.78, 5) is 34.5. The zero-order valence-corrected chi connectivity index (χ0v) is 29.1. The highest BCUT2D eigenvalue weighted by atomic mass is 16.7. The fourth-order valence-corrected chi connectivity index (χ4v) is 6.11. The molecule has 5 unspecified atom stereocenters. The number of ether oxygens (including phenoxy) is 5. The molecule has 6 rings (SSSR count). The van der Waals surface area contributed by atoms with Gasteiger partial charge in [-0.15, -0.1) is 0 Å². The number of unbranched alkanes of at least 4 members (excludes halogenated alkanes) is 1. The van der Waals surface area contributed by atoms with E-state index in [4.69, 9.17) is 28.1 Å². The first kappa shape index (κ1) is 36.8. The summed E-state index contributed by atoms with van der Waals surface area (Å²) in [5, 5.41) is 16.2. The average molecular weight is 716 g/mol. The van der Waals surface area contributed by atoms with Gasteiger partial charge in [-0.1, -0.05) is 55.8 Å². The zero-order chi connectivity index (χ0) is 36.1. The number of hydrogen-bond donors (Lipinski definition) is 3. The number of aliphatic hydroxyl groups excluding tert-OH is 1. The van der Waals surface area contributed by atoms with E-state index in [1.165, 1.54) is 12.6 Å². The molecule has 5 atom stereocenters. The van der Waals surface area contributed by atoms with Crippen molar-refractivity contribution >= 4 is 12.2 Å². The molecule has 4 heterocycles. The first-order valence-electron chi connectivity index (χ1n) is 17.6. The van der Waals surface area contributed by atoms with Crippen molar-refractivity contribution in [2.45, 2.75) is 70.3 Å². The Kier molecular flexibility index (Phi) is 13.1. The number of hydrazine groups is 1. The highest BCUT2D eigenvalue weighted by Gasteiger charge is 2.44. The Balaban J connectivity index is 1.16. The molecule has 52 heavy (non-hydrogen) atoms. The van der Waals surface area contributed by atoms with E-state index in [2.05, 4.69) is 27.6 Å². The number of hydrogen-bond acceptors (Lipinski definition) is 12. The Bertz CT molecular complexity index is 1680. The van der Waals surface area contributed by atoms with Crippen molar-refractivity contribution in [3.63, 3.8) is 0 Å². The Morgan fingerprint density at radius 2 is 1.87 bits per heavy atom. The van der Waals surface area contributed by atoms with Crippen molar-refractivity contribution in [2.75, 3.05) is 26.4 Å². The van der Waals surface area contributed by atoms with E-state index in [9.17, 15) is 14.7 Å². The van der Waals surface area contributed by atoms with Crippen LogP contribution in [0.15, 0.2) is 89.9 Å². The van der Waals surface area contributed by atoms with E-state index in [-0.39, 0.29) is 44.9 Å². The lowest BCUT2D eigenvalue weighted by Crippen LogP contribution is -2.53. The van der Waals surface area contributed by atoms with E-state index < -0.39 is 30.4 Å². The maximum Gasteiger partial charge on any atom is 0.422 e. The number of nitrogens with zero attached hydrogens (tertiary/aromatic N) is 3. The standard InChI is InChI=1S/C38H45N5O9/c1-2-3-17-47-29-13-9-26(10-14-29)19-33(41-37(45)52-35-24-49-36-31(35)15-18-48-36)34(44)22-43(42-38(46)50-23-30-20-39-25-51-30)21-27-7-11-28(12-8-27)32-6-4-5-16-40-32/h4-14,16,20,25,31,33-36,44H,2-3,15,17-19,21-24H2,1H3,(H,41,45)(H,42,46). The molecule has 2 saturated heterocycles. The van der Waals surface area contributed by atoms with E-state index in [0.717, 1.165) is 47.4 Å². The van der Waals surface area contributed by atoms with Crippen LogP contribution in [0, 0.1) is 5.92 Å². The van der Waals surface area contributed by atoms with Crippen LogP contribution in [0.4, 0.5) is 9.59 Å². The molecule has 0 radical (unpaired) electrons. The number of carbonyl (C=O) groups excluding carboxylic acids is 2. The van der Waals surface area contributed by atoms with E-state index in [1.807, 2.05) is 66.7 Å². The van der Waals surface area contributed by atoms with Gasteiger partial charge in [0.15, 0.2) is 25.1 Å². The van der Waals surface area contributed by atoms with Crippen LogP contribution in [0.3, 0.4) is 0 Å². The van der Waals surface area contributed by atoms with Crippen molar-refractivity contribution in [3.05, 3.63) is 102 Å². The van der Waals surface area contributed by atoms with Crippen molar-refractivity contribution < 1.29 is 42.8 Å². The molecule has 2 aliphatic heterocycles. The second-order valence-corrected chi connectivity index (χ2v) is 12.8. The fraction of sp³-hybridized carbons (Fsp3) is 0.421. The van der Waals surface area contributed by atoms with Gasteiger partial charge in [-0.3, -0.25) is 10.4 Å². The number of amides is 2. The number of aromatic nitrogens is 2. The van der Waals surface area contributed by atoms with Gasteiger partial charge in [0.1, 0.15) is 11.9 Å². The van der Waals surface area contributed by atoms with Gasteiger partial charge in [0.2, 0.25) is 0 Å². The molecule has 2 amide bonds. The first-order valence-corrected chi connectivity index (χ1v) is 17.6. The molecular weight excluding hydrogens is 670 g/mol. The number of alkyl carbamates (subject to hydrolysis) is 1. The molecule has 14 nitrogen and oxygen atoms in total. The van der Waals surface area contributed by atoms with E-state index >= 15 is 0 Å². The summed E-state index contributed by atoms with van der Waals surface area (Å²) < 4.78 is 33.4. The predicted octanol–water partition coefficient (Wildman–Crippen LogP) is 5.02. The highest BCUT2D eigenvalue weighted by molar-refractivity contribution is 5.68. The van der Waals surface area contributed by atoms with Gasteiger partial charge in [-0.2, -0.15) is 0 Å². The quantitative estimate of drug-likeness (QED) is 0.0989. The normalized spacial score (nSPS) is 19.1. The molecule has 2 aliphatic rings. The van der Waals surface area contributed by atoms with Gasteiger partial charge in [-0.05, 0) is 54.7 Å². The molecule has 0 bridgehead atoms. The number of oxazole rings is 1. The molecule has 0 aliphatic carbocycles. The molecule has 2 aromatic carbocycles. The Morgan fingerprint density at radius 1 is 1.04 bits per heavy atom. The number of carbonyl (C=O) groups is 2. The van der Waals surface area contributed by atoms with Crippen molar-refractivity contribution in [1.82, 2.24) is 25.7 Å². The predicted molar refractivity (Wildman–Crippen MR) is 187 cm³/mol. The number of nitrogens with one attached hydrogen (secondary N) is 2. The minimum atomic E-state index is -1.17. The summed E-state index contributed by atoms with van der Waals surface area (Å²) in [6.45, 7) is 3.51. The Hall–Kier alpha value is -5.02. The molecule has 0 spiro atoms. The number of aliphatic hydroxyl groups is 1. The second-order valence-electron chi connectivity index (χ2n) is 12.8. The number of fused-ring (bicyclic) bond motifs is 1.